The van der Waals surface area contributed by atoms with Gasteiger partial charge in [-0.25, -0.2) is 0 Å². The molecule has 0 aromatic carbocycles. The molecule has 0 fully saturated rings. The molecule has 0 spiro atoms. The molecule has 0 radical (unpaired) electrons. The minimum atomic E-state index is 0.0395. The third kappa shape index (κ3) is 14.0. The Kier molecular flexibility index (Phi) is 13.8. The van der Waals surface area contributed by atoms with Gasteiger partial charge in [0, 0.05) is 32.1 Å². The summed E-state index contributed by atoms with van der Waals surface area (Å²) in [4.78, 5) is 11.4. The van der Waals surface area contributed by atoms with Crippen molar-refractivity contribution in [2.24, 2.45) is 11.8 Å². The average molecular weight is 303 g/mol. The third-order valence-electron chi connectivity index (χ3n) is 2.89. The molecule has 6 nitrogen and oxygen atoms in total. The fourth-order valence-corrected chi connectivity index (χ4v) is 1.51. The van der Waals surface area contributed by atoms with Crippen molar-refractivity contribution in [3.05, 3.63) is 0 Å². The van der Waals surface area contributed by atoms with E-state index in [0.29, 0.717) is 25.7 Å². The monoisotopic (exact) mass is 303 g/mol. The first-order valence-electron chi connectivity index (χ1n) is 7.86. The van der Waals surface area contributed by atoms with Gasteiger partial charge in [-0.3, -0.25) is 4.79 Å². The molecule has 0 heterocycles. The maximum atomic E-state index is 11.4. The molecular weight excluding hydrogens is 270 g/mol. The zero-order valence-electron chi connectivity index (χ0n) is 14.0. The SMILES string of the molecule is CNCCOCCNCCOCC(C)CNC(=O)C(C)C. The van der Waals surface area contributed by atoms with E-state index in [4.69, 9.17) is 9.47 Å². The molecule has 1 unspecified atom stereocenters. The van der Waals surface area contributed by atoms with E-state index in [1.165, 1.54) is 0 Å². The third-order valence-corrected chi connectivity index (χ3v) is 2.89. The number of hydrogen-bond acceptors (Lipinski definition) is 5. The van der Waals surface area contributed by atoms with Crippen LogP contribution in [0.15, 0.2) is 0 Å². The molecule has 0 aliphatic rings. The number of likely N-dealkylation sites (N-methyl/N-ethyl adjacent to an activating group) is 1. The van der Waals surface area contributed by atoms with E-state index in [2.05, 4.69) is 22.9 Å². The minimum absolute atomic E-state index is 0.0395. The Hall–Kier alpha value is -0.690. The van der Waals surface area contributed by atoms with Crippen molar-refractivity contribution >= 4 is 5.91 Å². The van der Waals surface area contributed by atoms with E-state index in [0.717, 1.165) is 32.8 Å². The fraction of sp³-hybridized carbons (Fsp3) is 0.933. The van der Waals surface area contributed by atoms with Crippen molar-refractivity contribution in [2.75, 3.05) is 59.7 Å². The smallest absolute Gasteiger partial charge is 0.222 e. The first-order valence-corrected chi connectivity index (χ1v) is 7.86. The zero-order valence-corrected chi connectivity index (χ0v) is 14.0. The summed E-state index contributed by atoms with van der Waals surface area (Å²) >= 11 is 0. The molecule has 0 bridgehead atoms. The highest BCUT2D eigenvalue weighted by Gasteiger charge is 2.08. The number of carbonyl (C=O) groups excluding carboxylic acids is 1. The van der Waals surface area contributed by atoms with Crippen molar-refractivity contribution < 1.29 is 14.3 Å². The highest BCUT2D eigenvalue weighted by atomic mass is 16.5. The van der Waals surface area contributed by atoms with E-state index >= 15 is 0 Å². The van der Waals surface area contributed by atoms with E-state index in [-0.39, 0.29) is 11.8 Å². The van der Waals surface area contributed by atoms with Gasteiger partial charge < -0.3 is 25.4 Å². The van der Waals surface area contributed by atoms with Gasteiger partial charge in [0.1, 0.15) is 0 Å². The van der Waals surface area contributed by atoms with Crippen LogP contribution in [0.4, 0.5) is 0 Å². The molecule has 0 saturated carbocycles. The Balaban J connectivity index is 3.25. The lowest BCUT2D eigenvalue weighted by atomic mass is 10.1. The molecule has 1 amide bonds. The highest BCUT2D eigenvalue weighted by molar-refractivity contribution is 5.77. The maximum Gasteiger partial charge on any atom is 0.222 e. The summed E-state index contributed by atoms with van der Waals surface area (Å²) in [6.07, 6.45) is 0. The van der Waals surface area contributed by atoms with Crippen LogP contribution in [0.1, 0.15) is 20.8 Å². The lowest BCUT2D eigenvalue weighted by Gasteiger charge is -2.14. The van der Waals surface area contributed by atoms with Crippen LogP contribution in [0.25, 0.3) is 0 Å². The number of nitrogens with one attached hydrogen (secondary N) is 3. The second-order valence-corrected chi connectivity index (χ2v) is 5.55. The molecule has 21 heavy (non-hydrogen) atoms. The van der Waals surface area contributed by atoms with E-state index in [1.54, 1.807) is 0 Å². The standard InChI is InChI=1S/C15H33N3O3/c1-13(2)15(19)18-11-14(3)12-21-10-7-17-6-9-20-8-5-16-4/h13-14,16-17H,5-12H2,1-4H3,(H,18,19). The molecule has 0 aromatic rings. The van der Waals surface area contributed by atoms with Crippen molar-refractivity contribution in [1.82, 2.24) is 16.0 Å². The number of ether oxygens (including phenoxy) is 2. The predicted octanol–water partition coefficient (Wildman–Crippen LogP) is 0.237. The molecule has 6 heteroatoms. The lowest BCUT2D eigenvalue weighted by Crippen LogP contribution is -2.33. The van der Waals surface area contributed by atoms with E-state index in [1.807, 2.05) is 20.9 Å². The van der Waals surface area contributed by atoms with Gasteiger partial charge in [0.05, 0.1) is 26.4 Å². The van der Waals surface area contributed by atoms with Gasteiger partial charge in [-0.1, -0.05) is 20.8 Å². The number of hydrogen-bond donors (Lipinski definition) is 3. The predicted molar refractivity (Wildman–Crippen MR) is 85.4 cm³/mol. The summed E-state index contributed by atoms with van der Waals surface area (Å²) in [6, 6.07) is 0. The minimum Gasteiger partial charge on any atom is -0.380 e. The lowest BCUT2D eigenvalue weighted by molar-refractivity contribution is -0.124. The molecule has 3 N–H and O–H groups in total. The molecular formula is C15H33N3O3. The Morgan fingerprint density at radius 1 is 1.00 bits per heavy atom. The van der Waals surface area contributed by atoms with E-state index in [9.17, 15) is 4.79 Å². The average Bonchev–Trinajstić information content (AvgIpc) is 2.46. The van der Waals surface area contributed by atoms with Crippen molar-refractivity contribution in [1.29, 1.82) is 0 Å². The molecule has 0 aromatic heterocycles. The Morgan fingerprint density at radius 2 is 1.62 bits per heavy atom. The Labute approximate surface area is 129 Å². The number of rotatable bonds is 14. The quantitative estimate of drug-likeness (QED) is 0.401. The van der Waals surface area contributed by atoms with Gasteiger partial charge in [-0.2, -0.15) is 0 Å². The van der Waals surface area contributed by atoms with Crippen molar-refractivity contribution in [2.45, 2.75) is 20.8 Å². The van der Waals surface area contributed by atoms with Crippen LogP contribution in [0.2, 0.25) is 0 Å². The van der Waals surface area contributed by atoms with Crippen LogP contribution in [0, 0.1) is 11.8 Å². The molecule has 0 aliphatic carbocycles. The molecule has 126 valence electrons. The second kappa shape index (κ2) is 14.3. The summed E-state index contributed by atoms with van der Waals surface area (Å²) in [5, 5.41) is 9.20. The molecule has 0 aliphatic heterocycles. The molecule has 0 rings (SSSR count). The van der Waals surface area contributed by atoms with Gasteiger partial charge in [-0.15, -0.1) is 0 Å². The maximum absolute atomic E-state index is 11.4. The van der Waals surface area contributed by atoms with Crippen LogP contribution in [0.3, 0.4) is 0 Å². The Morgan fingerprint density at radius 3 is 2.24 bits per heavy atom. The van der Waals surface area contributed by atoms with Crippen molar-refractivity contribution in [3.8, 4) is 0 Å². The topological polar surface area (TPSA) is 71.6 Å². The highest BCUT2D eigenvalue weighted by Crippen LogP contribution is 1.96. The number of amides is 1. The second-order valence-electron chi connectivity index (χ2n) is 5.55. The summed E-state index contributed by atoms with van der Waals surface area (Å²) in [6.45, 7) is 11.9. The summed E-state index contributed by atoms with van der Waals surface area (Å²) < 4.78 is 11.0. The van der Waals surface area contributed by atoms with Gasteiger partial charge in [0.2, 0.25) is 5.91 Å². The van der Waals surface area contributed by atoms with Gasteiger partial charge in [0.15, 0.2) is 0 Å². The van der Waals surface area contributed by atoms with Gasteiger partial charge in [-0.05, 0) is 13.0 Å². The van der Waals surface area contributed by atoms with Gasteiger partial charge >= 0.3 is 0 Å². The first kappa shape index (κ1) is 20.3. The molecule has 1 atom stereocenters. The zero-order chi connectivity index (χ0) is 15.9. The first-order chi connectivity index (χ1) is 10.1. The summed E-state index contributed by atoms with van der Waals surface area (Å²) in [5.41, 5.74) is 0. The Bertz CT molecular complexity index is 250. The van der Waals surface area contributed by atoms with Crippen LogP contribution >= 0.6 is 0 Å². The van der Waals surface area contributed by atoms with E-state index < -0.39 is 0 Å². The van der Waals surface area contributed by atoms with Crippen molar-refractivity contribution in [3.63, 3.8) is 0 Å². The number of carbonyl (C=O) groups is 1. The normalized spacial score (nSPS) is 12.6. The van der Waals surface area contributed by atoms with Crippen LogP contribution in [0.5, 0.6) is 0 Å². The van der Waals surface area contributed by atoms with Crippen LogP contribution in [-0.4, -0.2) is 65.6 Å². The fourth-order valence-electron chi connectivity index (χ4n) is 1.51. The summed E-state index contributed by atoms with van der Waals surface area (Å²) in [7, 11) is 1.91. The van der Waals surface area contributed by atoms with Gasteiger partial charge in [0.25, 0.3) is 0 Å². The van der Waals surface area contributed by atoms with Crippen LogP contribution in [-0.2, 0) is 14.3 Å². The molecule has 0 saturated heterocycles. The largest absolute Gasteiger partial charge is 0.380 e. The summed E-state index contributed by atoms with van der Waals surface area (Å²) in [5.74, 6) is 0.469. The van der Waals surface area contributed by atoms with Crippen LogP contribution < -0.4 is 16.0 Å².